The lowest BCUT2D eigenvalue weighted by Crippen LogP contribution is -2.35. The lowest BCUT2D eigenvalue weighted by atomic mass is 10.2. The Morgan fingerprint density at radius 2 is 2.05 bits per heavy atom. The average molecular weight is 318 g/mol. The second kappa shape index (κ2) is 9.33. The van der Waals surface area contributed by atoms with Crippen LogP contribution < -0.4 is 20.1 Å². The number of thiocarbonyl (C=S) groups is 1. The summed E-state index contributed by atoms with van der Waals surface area (Å²) in [7, 11) is 1.40. The zero-order valence-corrected chi connectivity index (χ0v) is 12.9. The number of unbranched alkanes of at least 4 members (excludes halogenated alkanes) is 1. The standard InChI is InChI=1S/C14H20F2N2O2S/c1-3-4-7-17-14(21)18-9-10-5-6-11(20-13(15)16)12(8-10)19-2/h5-6,8,13H,3-4,7,9H2,1-2H3,(H2,17,18,21). The summed E-state index contributed by atoms with van der Waals surface area (Å²) in [5.74, 6) is 0.277. The molecule has 1 rings (SSSR count). The van der Waals surface area contributed by atoms with Crippen molar-refractivity contribution in [3.8, 4) is 11.5 Å². The topological polar surface area (TPSA) is 42.5 Å². The molecule has 0 amide bonds. The number of alkyl halides is 2. The molecule has 0 bridgehead atoms. The van der Waals surface area contributed by atoms with E-state index in [9.17, 15) is 8.78 Å². The van der Waals surface area contributed by atoms with Crippen LogP contribution in [0.2, 0.25) is 0 Å². The van der Waals surface area contributed by atoms with Crippen LogP contribution in [0, 0.1) is 0 Å². The number of nitrogens with one attached hydrogen (secondary N) is 2. The van der Waals surface area contributed by atoms with Crippen molar-refractivity contribution in [2.24, 2.45) is 0 Å². The average Bonchev–Trinajstić information content (AvgIpc) is 2.46. The van der Waals surface area contributed by atoms with Crippen LogP contribution in [0.3, 0.4) is 0 Å². The number of ether oxygens (including phenoxy) is 2. The predicted molar refractivity (Wildman–Crippen MR) is 82.0 cm³/mol. The monoisotopic (exact) mass is 318 g/mol. The third kappa shape index (κ3) is 6.57. The molecule has 1 aromatic rings. The Balaban J connectivity index is 2.54. The maximum Gasteiger partial charge on any atom is 0.387 e. The van der Waals surface area contributed by atoms with E-state index in [0.29, 0.717) is 11.7 Å². The van der Waals surface area contributed by atoms with Gasteiger partial charge in [0, 0.05) is 13.1 Å². The van der Waals surface area contributed by atoms with Gasteiger partial charge in [-0.05, 0) is 36.3 Å². The maximum atomic E-state index is 12.2. The van der Waals surface area contributed by atoms with Gasteiger partial charge in [-0.15, -0.1) is 0 Å². The number of rotatable bonds is 8. The molecule has 21 heavy (non-hydrogen) atoms. The molecule has 118 valence electrons. The SMILES string of the molecule is CCCCNC(=S)NCc1ccc(OC(F)F)c(OC)c1. The van der Waals surface area contributed by atoms with Gasteiger partial charge in [-0.25, -0.2) is 0 Å². The van der Waals surface area contributed by atoms with E-state index >= 15 is 0 Å². The van der Waals surface area contributed by atoms with Crippen molar-refractivity contribution in [3.05, 3.63) is 23.8 Å². The first kappa shape index (κ1) is 17.4. The smallest absolute Gasteiger partial charge is 0.387 e. The number of hydrogen-bond acceptors (Lipinski definition) is 3. The largest absolute Gasteiger partial charge is 0.493 e. The minimum Gasteiger partial charge on any atom is -0.493 e. The molecule has 0 aliphatic heterocycles. The summed E-state index contributed by atoms with van der Waals surface area (Å²) in [6.45, 7) is 0.530. The van der Waals surface area contributed by atoms with Crippen molar-refractivity contribution >= 4 is 17.3 Å². The van der Waals surface area contributed by atoms with E-state index in [1.165, 1.54) is 13.2 Å². The van der Waals surface area contributed by atoms with E-state index in [2.05, 4.69) is 22.3 Å². The summed E-state index contributed by atoms with van der Waals surface area (Å²) >= 11 is 5.13. The minimum absolute atomic E-state index is 0.0138. The van der Waals surface area contributed by atoms with E-state index in [1.54, 1.807) is 12.1 Å². The predicted octanol–water partition coefficient (Wildman–Crippen LogP) is 3.06. The third-order valence-corrected chi connectivity index (χ3v) is 3.00. The molecule has 0 saturated heterocycles. The molecule has 2 N–H and O–H groups in total. The molecule has 0 radical (unpaired) electrons. The van der Waals surface area contributed by atoms with Crippen molar-refractivity contribution in [3.63, 3.8) is 0 Å². The molecule has 0 heterocycles. The van der Waals surface area contributed by atoms with E-state index < -0.39 is 6.61 Å². The van der Waals surface area contributed by atoms with Gasteiger partial charge in [-0.2, -0.15) is 8.78 Å². The Morgan fingerprint density at radius 1 is 1.29 bits per heavy atom. The molecule has 1 aromatic carbocycles. The van der Waals surface area contributed by atoms with Gasteiger partial charge in [-0.1, -0.05) is 19.4 Å². The fourth-order valence-corrected chi connectivity index (χ4v) is 1.81. The van der Waals surface area contributed by atoms with Crippen LogP contribution in [-0.4, -0.2) is 25.4 Å². The molecule has 7 heteroatoms. The highest BCUT2D eigenvalue weighted by molar-refractivity contribution is 7.80. The highest BCUT2D eigenvalue weighted by atomic mass is 32.1. The van der Waals surface area contributed by atoms with Crippen LogP contribution in [0.25, 0.3) is 0 Å². The molecule has 0 aromatic heterocycles. The fourth-order valence-electron chi connectivity index (χ4n) is 1.64. The van der Waals surface area contributed by atoms with Gasteiger partial charge < -0.3 is 20.1 Å². The third-order valence-electron chi connectivity index (χ3n) is 2.71. The lowest BCUT2D eigenvalue weighted by Gasteiger charge is -2.13. The summed E-state index contributed by atoms with van der Waals surface area (Å²) in [6.07, 6.45) is 2.15. The number of methoxy groups -OCH3 is 1. The Hall–Kier alpha value is -1.63. The maximum absolute atomic E-state index is 12.2. The van der Waals surface area contributed by atoms with E-state index in [-0.39, 0.29) is 11.5 Å². The molecule has 0 unspecified atom stereocenters. The Labute approximate surface area is 128 Å². The Kier molecular flexibility index (Phi) is 7.74. The summed E-state index contributed by atoms with van der Waals surface area (Å²) < 4.78 is 33.9. The first-order valence-electron chi connectivity index (χ1n) is 6.70. The molecule has 0 atom stereocenters. The number of benzene rings is 1. The van der Waals surface area contributed by atoms with Gasteiger partial charge in [0.2, 0.25) is 0 Å². The van der Waals surface area contributed by atoms with Crippen LogP contribution in [0.4, 0.5) is 8.78 Å². The van der Waals surface area contributed by atoms with Crippen molar-refractivity contribution in [2.45, 2.75) is 32.9 Å². The van der Waals surface area contributed by atoms with E-state index in [1.807, 2.05) is 0 Å². The zero-order chi connectivity index (χ0) is 15.7. The van der Waals surface area contributed by atoms with Crippen LogP contribution in [0.5, 0.6) is 11.5 Å². The van der Waals surface area contributed by atoms with E-state index in [4.69, 9.17) is 17.0 Å². The van der Waals surface area contributed by atoms with Gasteiger partial charge in [-0.3, -0.25) is 0 Å². The quantitative estimate of drug-likeness (QED) is 0.570. The van der Waals surface area contributed by atoms with Crippen LogP contribution >= 0.6 is 12.2 Å². The van der Waals surface area contributed by atoms with E-state index in [0.717, 1.165) is 24.9 Å². The molecular weight excluding hydrogens is 298 g/mol. The van der Waals surface area contributed by atoms with Crippen molar-refractivity contribution in [1.29, 1.82) is 0 Å². The number of halogens is 2. The second-order valence-electron chi connectivity index (χ2n) is 4.33. The van der Waals surface area contributed by atoms with Gasteiger partial charge >= 0.3 is 6.61 Å². The Bertz CT molecular complexity index is 459. The normalized spacial score (nSPS) is 10.3. The highest BCUT2D eigenvalue weighted by Gasteiger charge is 2.11. The van der Waals surface area contributed by atoms with Crippen molar-refractivity contribution < 1.29 is 18.3 Å². The van der Waals surface area contributed by atoms with Crippen LogP contribution in [0.1, 0.15) is 25.3 Å². The first-order chi connectivity index (χ1) is 10.1. The minimum atomic E-state index is -2.88. The molecule has 0 saturated carbocycles. The molecule has 0 aliphatic rings. The second-order valence-corrected chi connectivity index (χ2v) is 4.73. The Morgan fingerprint density at radius 3 is 2.67 bits per heavy atom. The summed E-state index contributed by atoms with van der Waals surface area (Å²) in [5, 5.41) is 6.70. The molecule has 0 fully saturated rings. The molecule has 4 nitrogen and oxygen atoms in total. The fraction of sp³-hybridized carbons (Fsp3) is 0.500. The number of hydrogen-bond donors (Lipinski definition) is 2. The first-order valence-corrected chi connectivity index (χ1v) is 7.11. The van der Waals surface area contributed by atoms with Gasteiger partial charge in [0.25, 0.3) is 0 Å². The molecule has 0 aliphatic carbocycles. The molecule has 0 spiro atoms. The zero-order valence-electron chi connectivity index (χ0n) is 12.1. The van der Waals surface area contributed by atoms with Gasteiger partial charge in [0.1, 0.15) is 0 Å². The van der Waals surface area contributed by atoms with Gasteiger partial charge in [0.15, 0.2) is 16.6 Å². The molecular formula is C14H20F2N2O2S. The summed E-state index contributed by atoms with van der Waals surface area (Å²) in [5.41, 5.74) is 0.855. The summed E-state index contributed by atoms with van der Waals surface area (Å²) in [4.78, 5) is 0. The lowest BCUT2D eigenvalue weighted by molar-refractivity contribution is -0.0512. The highest BCUT2D eigenvalue weighted by Crippen LogP contribution is 2.29. The van der Waals surface area contributed by atoms with Gasteiger partial charge in [0.05, 0.1) is 7.11 Å². The van der Waals surface area contributed by atoms with Crippen LogP contribution in [-0.2, 0) is 6.54 Å². The summed E-state index contributed by atoms with van der Waals surface area (Å²) in [6, 6.07) is 4.77. The van der Waals surface area contributed by atoms with Crippen molar-refractivity contribution in [2.75, 3.05) is 13.7 Å². The van der Waals surface area contributed by atoms with Crippen LogP contribution in [0.15, 0.2) is 18.2 Å². The van der Waals surface area contributed by atoms with Crippen molar-refractivity contribution in [1.82, 2.24) is 10.6 Å².